The second-order valence-electron chi connectivity index (χ2n) is 3.76. The molecular formula is C15H11NO. The van der Waals surface area contributed by atoms with Gasteiger partial charge in [0.1, 0.15) is 5.52 Å². The van der Waals surface area contributed by atoms with E-state index in [1.807, 2.05) is 66.7 Å². The molecule has 3 aromatic rings. The molecule has 3 rings (SSSR count). The predicted octanol–water partition coefficient (Wildman–Crippen LogP) is 4.00. The Hall–Kier alpha value is -2.35. The van der Waals surface area contributed by atoms with Crippen LogP contribution in [0.15, 0.2) is 59.0 Å². The van der Waals surface area contributed by atoms with E-state index >= 15 is 0 Å². The zero-order valence-corrected chi connectivity index (χ0v) is 9.21. The van der Waals surface area contributed by atoms with Crippen LogP contribution < -0.4 is 0 Å². The third-order valence-electron chi connectivity index (χ3n) is 2.53. The Morgan fingerprint density at radius 2 is 1.59 bits per heavy atom. The zero-order valence-electron chi connectivity index (χ0n) is 9.21. The number of oxazole rings is 1. The van der Waals surface area contributed by atoms with Gasteiger partial charge >= 0.3 is 0 Å². The number of rotatable bonds is 2. The van der Waals surface area contributed by atoms with Crippen LogP contribution in [-0.2, 0) is 0 Å². The van der Waals surface area contributed by atoms with Crippen LogP contribution in [0.25, 0.3) is 23.3 Å². The third-order valence-corrected chi connectivity index (χ3v) is 2.53. The van der Waals surface area contributed by atoms with Crippen LogP contribution in [0.3, 0.4) is 0 Å². The molecule has 0 bridgehead atoms. The fraction of sp³-hybridized carbons (Fsp3) is 0. The first-order valence-corrected chi connectivity index (χ1v) is 5.50. The highest BCUT2D eigenvalue weighted by Gasteiger charge is 2.00. The molecule has 0 atom stereocenters. The molecular weight excluding hydrogens is 210 g/mol. The lowest BCUT2D eigenvalue weighted by Gasteiger charge is -1.88. The van der Waals surface area contributed by atoms with Gasteiger partial charge in [-0.2, -0.15) is 0 Å². The van der Waals surface area contributed by atoms with Crippen LogP contribution in [0, 0.1) is 0 Å². The molecule has 0 fully saturated rings. The molecule has 0 saturated carbocycles. The number of fused-ring (bicyclic) bond motifs is 1. The van der Waals surface area contributed by atoms with Crippen molar-refractivity contribution in [3.63, 3.8) is 0 Å². The molecule has 0 amide bonds. The van der Waals surface area contributed by atoms with E-state index < -0.39 is 0 Å². The van der Waals surface area contributed by atoms with E-state index in [4.69, 9.17) is 4.42 Å². The van der Waals surface area contributed by atoms with Crippen molar-refractivity contribution < 1.29 is 4.42 Å². The molecule has 17 heavy (non-hydrogen) atoms. The minimum atomic E-state index is 0.634. The predicted molar refractivity (Wildman–Crippen MR) is 69.4 cm³/mol. The standard InChI is InChI=1S/C15H11NO/c1-2-6-12(7-3-1)10-11-15-16-13-8-4-5-9-14(13)17-15/h1-11H/b11-10+. The quantitative estimate of drug-likeness (QED) is 0.653. The number of hydrogen-bond donors (Lipinski definition) is 0. The van der Waals surface area contributed by atoms with Gasteiger partial charge in [-0.15, -0.1) is 0 Å². The van der Waals surface area contributed by atoms with E-state index in [1.165, 1.54) is 0 Å². The maximum absolute atomic E-state index is 5.59. The molecule has 0 aliphatic heterocycles. The molecule has 1 heterocycles. The lowest BCUT2D eigenvalue weighted by molar-refractivity contribution is 0.590. The van der Waals surface area contributed by atoms with Crippen LogP contribution in [0.1, 0.15) is 11.5 Å². The van der Waals surface area contributed by atoms with Gasteiger partial charge in [0, 0.05) is 6.08 Å². The molecule has 0 unspecified atom stereocenters. The number of benzene rings is 2. The van der Waals surface area contributed by atoms with Gasteiger partial charge in [0.25, 0.3) is 0 Å². The summed E-state index contributed by atoms with van der Waals surface area (Å²) in [4.78, 5) is 4.37. The highest BCUT2D eigenvalue weighted by Crippen LogP contribution is 2.16. The zero-order chi connectivity index (χ0) is 11.5. The molecule has 0 radical (unpaired) electrons. The van der Waals surface area contributed by atoms with Gasteiger partial charge < -0.3 is 4.42 Å². The minimum Gasteiger partial charge on any atom is -0.437 e. The second-order valence-corrected chi connectivity index (χ2v) is 3.76. The van der Waals surface area contributed by atoms with Gasteiger partial charge in [-0.3, -0.25) is 0 Å². The average Bonchev–Trinajstić information content (AvgIpc) is 2.80. The topological polar surface area (TPSA) is 26.0 Å². The van der Waals surface area contributed by atoms with Gasteiger partial charge in [0.05, 0.1) is 0 Å². The van der Waals surface area contributed by atoms with Gasteiger partial charge in [-0.25, -0.2) is 4.98 Å². The lowest BCUT2D eigenvalue weighted by atomic mass is 10.2. The highest BCUT2D eigenvalue weighted by atomic mass is 16.3. The van der Waals surface area contributed by atoms with Crippen LogP contribution in [0.2, 0.25) is 0 Å². The van der Waals surface area contributed by atoms with Crippen molar-refractivity contribution in [2.24, 2.45) is 0 Å². The summed E-state index contributed by atoms with van der Waals surface area (Å²) in [7, 11) is 0. The van der Waals surface area contributed by atoms with Crippen molar-refractivity contribution in [1.82, 2.24) is 4.98 Å². The van der Waals surface area contributed by atoms with Crippen molar-refractivity contribution in [3.05, 3.63) is 66.1 Å². The first-order valence-electron chi connectivity index (χ1n) is 5.50. The Balaban J connectivity index is 1.92. The Kier molecular flexibility index (Phi) is 2.47. The molecule has 0 saturated heterocycles. The molecule has 82 valence electrons. The second kappa shape index (κ2) is 4.26. The summed E-state index contributed by atoms with van der Waals surface area (Å²) in [6.07, 6.45) is 3.88. The van der Waals surface area contributed by atoms with E-state index in [2.05, 4.69) is 4.98 Å². The van der Waals surface area contributed by atoms with Crippen molar-refractivity contribution in [3.8, 4) is 0 Å². The average molecular weight is 221 g/mol. The summed E-state index contributed by atoms with van der Waals surface area (Å²) < 4.78 is 5.59. The normalized spacial score (nSPS) is 11.3. The fourth-order valence-electron chi connectivity index (χ4n) is 1.69. The maximum Gasteiger partial charge on any atom is 0.220 e. The molecule has 0 aliphatic carbocycles. The van der Waals surface area contributed by atoms with Crippen LogP contribution in [0.4, 0.5) is 0 Å². The van der Waals surface area contributed by atoms with Crippen molar-refractivity contribution in [2.75, 3.05) is 0 Å². The summed E-state index contributed by atoms with van der Waals surface area (Å²) in [5.74, 6) is 0.634. The van der Waals surface area contributed by atoms with Crippen molar-refractivity contribution in [1.29, 1.82) is 0 Å². The van der Waals surface area contributed by atoms with Crippen molar-refractivity contribution >= 4 is 23.3 Å². The monoisotopic (exact) mass is 221 g/mol. The van der Waals surface area contributed by atoms with Crippen LogP contribution >= 0.6 is 0 Å². The summed E-state index contributed by atoms with van der Waals surface area (Å²) >= 11 is 0. The SMILES string of the molecule is C(=C\c1nc2ccccc2o1)/c1ccccc1. The van der Waals surface area contributed by atoms with E-state index in [1.54, 1.807) is 0 Å². The number of nitrogens with zero attached hydrogens (tertiary/aromatic N) is 1. The van der Waals surface area contributed by atoms with E-state index in [9.17, 15) is 0 Å². The smallest absolute Gasteiger partial charge is 0.220 e. The lowest BCUT2D eigenvalue weighted by Crippen LogP contribution is -1.71. The molecule has 2 heteroatoms. The molecule has 0 spiro atoms. The Morgan fingerprint density at radius 3 is 2.41 bits per heavy atom. The summed E-state index contributed by atoms with van der Waals surface area (Å²) in [6, 6.07) is 17.8. The molecule has 2 nitrogen and oxygen atoms in total. The van der Waals surface area contributed by atoms with E-state index in [0.29, 0.717) is 5.89 Å². The van der Waals surface area contributed by atoms with Gasteiger partial charge in [0.15, 0.2) is 5.58 Å². The summed E-state index contributed by atoms with van der Waals surface area (Å²) in [6.45, 7) is 0. The minimum absolute atomic E-state index is 0.634. The fourth-order valence-corrected chi connectivity index (χ4v) is 1.69. The van der Waals surface area contributed by atoms with Crippen LogP contribution in [-0.4, -0.2) is 4.98 Å². The van der Waals surface area contributed by atoms with Gasteiger partial charge in [-0.1, -0.05) is 42.5 Å². The van der Waals surface area contributed by atoms with Gasteiger partial charge in [0.2, 0.25) is 5.89 Å². The Morgan fingerprint density at radius 1 is 0.824 bits per heavy atom. The Bertz CT molecular complexity index is 620. The first-order chi connectivity index (χ1) is 8.42. The molecule has 0 N–H and O–H groups in total. The van der Waals surface area contributed by atoms with E-state index in [0.717, 1.165) is 16.7 Å². The number of hydrogen-bond acceptors (Lipinski definition) is 2. The maximum atomic E-state index is 5.59. The molecule has 1 aromatic heterocycles. The van der Waals surface area contributed by atoms with Crippen LogP contribution in [0.5, 0.6) is 0 Å². The van der Waals surface area contributed by atoms with Crippen molar-refractivity contribution in [2.45, 2.75) is 0 Å². The largest absolute Gasteiger partial charge is 0.437 e. The van der Waals surface area contributed by atoms with E-state index in [-0.39, 0.29) is 0 Å². The Labute approximate surface area is 99.2 Å². The molecule has 0 aliphatic rings. The number of aromatic nitrogens is 1. The highest BCUT2D eigenvalue weighted by molar-refractivity contribution is 5.75. The molecule has 2 aromatic carbocycles. The third kappa shape index (κ3) is 2.11. The summed E-state index contributed by atoms with van der Waals surface area (Å²) in [5, 5.41) is 0. The summed E-state index contributed by atoms with van der Waals surface area (Å²) in [5.41, 5.74) is 2.84. The van der Waals surface area contributed by atoms with Gasteiger partial charge in [-0.05, 0) is 23.8 Å². The number of para-hydroxylation sites is 2. The first kappa shape index (κ1) is 9.85.